The number of nitrogens with one attached hydrogen (secondary N) is 1. The van der Waals surface area contributed by atoms with Crippen molar-refractivity contribution in [2.75, 3.05) is 20.3 Å². The van der Waals surface area contributed by atoms with Gasteiger partial charge in [0.1, 0.15) is 12.2 Å². The van der Waals surface area contributed by atoms with E-state index in [4.69, 9.17) is 0 Å². The summed E-state index contributed by atoms with van der Waals surface area (Å²) in [6, 6.07) is 7.05. The minimum absolute atomic E-state index is 0. The van der Waals surface area contributed by atoms with Crippen LogP contribution < -0.4 is 28.9 Å². The first-order valence-electron chi connectivity index (χ1n) is 6.13. The molecule has 1 aliphatic rings. The zero-order valence-electron chi connectivity index (χ0n) is 11.8. The Bertz CT molecular complexity index is 540. The molecule has 1 atom stereocenters. The molecule has 0 radical (unpaired) electrons. The summed E-state index contributed by atoms with van der Waals surface area (Å²) in [6.07, 6.45) is 0. The number of rotatable bonds is 2. The largest absolute Gasteiger partial charge is 1.00 e. The van der Waals surface area contributed by atoms with Crippen LogP contribution in [-0.2, 0) is 10.0 Å². The third-order valence-corrected chi connectivity index (χ3v) is 5.61. The summed E-state index contributed by atoms with van der Waals surface area (Å²) >= 11 is 0. The van der Waals surface area contributed by atoms with Gasteiger partial charge in [-0.05, 0) is 32.9 Å². The SMILES string of the molecule is Cc1ccc(S(=O)(=O)N2C[NH+](C)C(C)(C)C2)cc1.[I-]. The summed E-state index contributed by atoms with van der Waals surface area (Å²) < 4.78 is 26.6. The molecule has 1 N–H and O–H groups in total. The number of hydrogen-bond donors (Lipinski definition) is 1. The number of halogens is 1. The zero-order valence-corrected chi connectivity index (χ0v) is 14.7. The molecular formula is C13H21IN2O2S. The molecule has 0 aliphatic carbocycles. The van der Waals surface area contributed by atoms with Crippen molar-refractivity contribution in [1.29, 1.82) is 0 Å². The van der Waals surface area contributed by atoms with Crippen molar-refractivity contribution in [3.8, 4) is 0 Å². The molecule has 0 saturated carbocycles. The molecule has 0 bridgehead atoms. The summed E-state index contributed by atoms with van der Waals surface area (Å²) in [5, 5.41) is 0. The number of quaternary nitrogens is 1. The molecule has 0 aromatic heterocycles. The normalized spacial score (nSPS) is 23.1. The molecular weight excluding hydrogens is 375 g/mol. The van der Waals surface area contributed by atoms with Gasteiger partial charge in [0.05, 0.1) is 18.5 Å². The van der Waals surface area contributed by atoms with Gasteiger partial charge in [-0.15, -0.1) is 4.31 Å². The molecule has 108 valence electrons. The Labute approximate surface area is 132 Å². The van der Waals surface area contributed by atoms with Crippen molar-refractivity contribution in [1.82, 2.24) is 4.31 Å². The molecule has 1 heterocycles. The van der Waals surface area contributed by atoms with Crippen LogP contribution in [0.25, 0.3) is 0 Å². The summed E-state index contributed by atoms with van der Waals surface area (Å²) in [4.78, 5) is 1.61. The molecule has 1 aromatic carbocycles. The first-order valence-corrected chi connectivity index (χ1v) is 7.57. The lowest BCUT2D eigenvalue weighted by Gasteiger charge is -2.21. The minimum Gasteiger partial charge on any atom is -1.00 e. The Balaban J connectivity index is 0.00000180. The molecule has 0 spiro atoms. The lowest BCUT2D eigenvalue weighted by Crippen LogP contribution is -3.15. The van der Waals surface area contributed by atoms with E-state index in [0.29, 0.717) is 18.1 Å². The zero-order chi connectivity index (χ0) is 13.6. The topological polar surface area (TPSA) is 41.8 Å². The molecule has 1 aromatic rings. The molecule has 2 rings (SSSR count). The monoisotopic (exact) mass is 396 g/mol. The van der Waals surface area contributed by atoms with Crippen LogP contribution in [0.5, 0.6) is 0 Å². The Morgan fingerprint density at radius 2 is 1.74 bits per heavy atom. The minimum atomic E-state index is -3.35. The van der Waals surface area contributed by atoms with Gasteiger partial charge in [0.2, 0.25) is 10.0 Å². The number of benzene rings is 1. The maximum atomic E-state index is 12.5. The van der Waals surface area contributed by atoms with Gasteiger partial charge in [-0.1, -0.05) is 17.7 Å². The Kier molecular flexibility index (Phi) is 5.03. The molecule has 1 fully saturated rings. The van der Waals surface area contributed by atoms with E-state index in [-0.39, 0.29) is 29.5 Å². The van der Waals surface area contributed by atoms with Gasteiger partial charge >= 0.3 is 0 Å². The fourth-order valence-corrected chi connectivity index (χ4v) is 3.77. The standard InChI is InChI=1S/C13H20N2O2S.HI/c1-11-5-7-12(8-6-11)18(16,17)15-9-13(2,3)14(4)10-15;/h5-8H,9-10H2,1-4H3;1H. The molecule has 4 nitrogen and oxygen atoms in total. The van der Waals surface area contributed by atoms with Crippen LogP contribution >= 0.6 is 0 Å². The van der Waals surface area contributed by atoms with Gasteiger partial charge in [0.25, 0.3) is 0 Å². The molecule has 1 unspecified atom stereocenters. The molecule has 1 saturated heterocycles. The average molecular weight is 396 g/mol. The molecule has 19 heavy (non-hydrogen) atoms. The van der Waals surface area contributed by atoms with Crippen molar-refractivity contribution in [2.24, 2.45) is 0 Å². The van der Waals surface area contributed by atoms with Gasteiger partial charge in [-0.3, -0.25) is 0 Å². The van der Waals surface area contributed by atoms with Crippen molar-refractivity contribution in [3.05, 3.63) is 29.8 Å². The van der Waals surface area contributed by atoms with Crippen molar-refractivity contribution in [3.63, 3.8) is 0 Å². The third-order valence-electron chi connectivity index (χ3n) is 3.80. The predicted octanol–water partition coefficient (Wildman–Crippen LogP) is -2.75. The van der Waals surface area contributed by atoms with Gasteiger partial charge in [0, 0.05) is 0 Å². The number of nitrogens with zero attached hydrogens (tertiary/aromatic N) is 1. The highest BCUT2D eigenvalue weighted by atomic mass is 127. The van der Waals surface area contributed by atoms with Crippen LogP contribution in [0.1, 0.15) is 19.4 Å². The number of hydrogen-bond acceptors (Lipinski definition) is 2. The lowest BCUT2D eigenvalue weighted by molar-refractivity contribution is -0.917. The molecule has 6 heteroatoms. The van der Waals surface area contributed by atoms with Crippen molar-refractivity contribution >= 4 is 10.0 Å². The van der Waals surface area contributed by atoms with Gasteiger partial charge < -0.3 is 28.9 Å². The van der Waals surface area contributed by atoms with Crippen LogP contribution in [-0.4, -0.2) is 38.5 Å². The summed E-state index contributed by atoms with van der Waals surface area (Å²) in [5.74, 6) is 0. The number of likely N-dealkylation sites (N-methyl/N-ethyl adjacent to an activating group) is 1. The second-order valence-corrected chi connectivity index (χ2v) is 7.69. The van der Waals surface area contributed by atoms with E-state index in [9.17, 15) is 8.42 Å². The number of sulfonamides is 1. The van der Waals surface area contributed by atoms with E-state index in [2.05, 4.69) is 13.8 Å². The highest BCUT2D eigenvalue weighted by Crippen LogP contribution is 2.19. The van der Waals surface area contributed by atoms with Crippen molar-refractivity contribution in [2.45, 2.75) is 31.2 Å². The summed E-state index contributed by atoms with van der Waals surface area (Å²) in [6.45, 7) is 7.23. The van der Waals surface area contributed by atoms with E-state index >= 15 is 0 Å². The maximum Gasteiger partial charge on any atom is 0.247 e. The van der Waals surface area contributed by atoms with Crippen LogP contribution in [0.3, 0.4) is 0 Å². The van der Waals surface area contributed by atoms with E-state index in [1.54, 1.807) is 16.4 Å². The first kappa shape index (κ1) is 16.9. The fourth-order valence-electron chi connectivity index (χ4n) is 2.14. The van der Waals surface area contributed by atoms with Crippen molar-refractivity contribution < 1.29 is 37.3 Å². The smallest absolute Gasteiger partial charge is 0.247 e. The third kappa shape index (κ3) is 3.29. The van der Waals surface area contributed by atoms with Gasteiger partial charge in [-0.25, -0.2) is 8.42 Å². The van der Waals surface area contributed by atoms with Crippen LogP contribution in [0, 0.1) is 6.92 Å². The van der Waals surface area contributed by atoms with Gasteiger partial charge in [0.15, 0.2) is 0 Å². The molecule has 0 amide bonds. The first-order chi connectivity index (χ1) is 8.23. The fraction of sp³-hybridized carbons (Fsp3) is 0.538. The Morgan fingerprint density at radius 3 is 2.16 bits per heavy atom. The lowest BCUT2D eigenvalue weighted by atomic mass is 10.1. The van der Waals surface area contributed by atoms with Crippen LogP contribution in [0.4, 0.5) is 0 Å². The Morgan fingerprint density at radius 1 is 1.21 bits per heavy atom. The number of aryl methyl sites for hydroxylation is 1. The highest BCUT2D eigenvalue weighted by molar-refractivity contribution is 7.89. The summed E-state index contributed by atoms with van der Waals surface area (Å²) in [5.41, 5.74) is 1.04. The van der Waals surface area contributed by atoms with E-state index in [0.717, 1.165) is 5.56 Å². The predicted molar refractivity (Wildman–Crippen MR) is 70.9 cm³/mol. The van der Waals surface area contributed by atoms with Gasteiger partial charge in [-0.2, -0.15) is 0 Å². The maximum absolute atomic E-state index is 12.5. The second kappa shape index (κ2) is 5.67. The molecule has 1 aliphatic heterocycles. The Hall–Kier alpha value is -0.180. The quantitative estimate of drug-likeness (QED) is 0.552. The van der Waals surface area contributed by atoms with Crippen LogP contribution in [0.2, 0.25) is 0 Å². The van der Waals surface area contributed by atoms with E-state index < -0.39 is 10.0 Å². The van der Waals surface area contributed by atoms with E-state index in [1.807, 2.05) is 26.1 Å². The van der Waals surface area contributed by atoms with Crippen LogP contribution in [0.15, 0.2) is 29.2 Å². The van der Waals surface area contributed by atoms with E-state index in [1.165, 1.54) is 4.90 Å². The average Bonchev–Trinajstić information content (AvgIpc) is 2.55. The summed E-state index contributed by atoms with van der Waals surface area (Å²) in [7, 11) is -1.31. The highest BCUT2D eigenvalue weighted by Gasteiger charge is 2.44. The second-order valence-electron chi connectivity index (χ2n) is 5.75.